The lowest BCUT2D eigenvalue weighted by atomic mass is 10.1. The number of fused-ring (bicyclic) bond motifs is 1. The Hall–Kier alpha value is -3.22. The molecule has 4 rings (SSSR count). The average molecular weight is 306 g/mol. The van der Waals surface area contributed by atoms with Crippen LogP contribution in [0.15, 0.2) is 48.9 Å². The van der Waals surface area contributed by atoms with Gasteiger partial charge in [0, 0.05) is 24.2 Å². The highest BCUT2D eigenvalue weighted by atomic mass is 19.1. The molecule has 0 aliphatic heterocycles. The van der Waals surface area contributed by atoms with Gasteiger partial charge in [-0.25, -0.2) is 9.67 Å². The number of pyridine rings is 1. The highest BCUT2D eigenvalue weighted by molar-refractivity contribution is 5.80. The molecule has 6 nitrogen and oxygen atoms in total. The molecule has 0 aliphatic carbocycles. The van der Waals surface area contributed by atoms with Gasteiger partial charge in [0.25, 0.3) is 0 Å². The summed E-state index contributed by atoms with van der Waals surface area (Å²) in [6.45, 7) is 1.84. The molecule has 0 bridgehead atoms. The number of nitrogens with zero attached hydrogens (tertiary/aromatic N) is 6. The third kappa shape index (κ3) is 2.22. The topological polar surface area (TPSA) is 69.4 Å². The lowest BCUT2D eigenvalue weighted by Gasteiger charge is -2.04. The van der Waals surface area contributed by atoms with Crippen LogP contribution in [0.5, 0.6) is 0 Å². The fraction of sp³-hybridized carbons (Fsp3) is 0.0625. The second kappa shape index (κ2) is 5.20. The van der Waals surface area contributed by atoms with Crippen LogP contribution in [-0.4, -0.2) is 29.9 Å². The second-order valence-electron chi connectivity index (χ2n) is 5.01. The zero-order valence-electron chi connectivity index (χ0n) is 12.2. The molecule has 0 spiro atoms. The van der Waals surface area contributed by atoms with Crippen LogP contribution in [0.1, 0.15) is 5.69 Å². The van der Waals surface area contributed by atoms with Crippen LogP contribution in [0.25, 0.3) is 28.0 Å². The smallest absolute Gasteiger partial charge is 0.238 e. The Morgan fingerprint density at radius 1 is 0.957 bits per heavy atom. The van der Waals surface area contributed by atoms with E-state index in [2.05, 4.69) is 25.3 Å². The summed E-state index contributed by atoms with van der Waals surface area (Å²) < 4.78 is 15.3. The summed E-state index contributed by atoms with van der Waals surface area (Å²) >= 11 is 0. The van der Waals surface area contributed by atoms with Gasteiger partial charge in [-0.05, 0) is 31.2 Å². The van der Waals surface area contributed by atoms with Crippen molar-refractivity contribution >= 4 is 11.0 Å². The maximum Gasteiger partial charge on any atom is 0.238 e. The summed E-state index contributed by atoms with van der Waals surface area (Å²) in [5.41, 5.74) is 4.09. The maximum atomic E-state index is 13.9. The molecule has 0 saturated heterocycles. The Morgan fingerprint density at radius 2 is 1.78 bits per heavy atom. The zero-order chi connectivity index (χ0) is 15.8. The van der Waals surface area contributed by atoms with Gasteiger partial charge in [-0.1, -0.05) is 11.3 Å². The van der Waals surface area contributed by atoms with E-state index in [9.17, 15) is 4.39 Å². The van der Waals surface area contributed by atoms with Crippen molar-refractivity contribution in [2.75, 3.05) is 0 Å². The Bertz CT molecular complexity index is 1010. The van der Waals surface area contributed by atoms with E-state index in [1.807, 2.05) is 25.1 Å². The molecule has 0 amide bonds. The predicted molar refractivity (Wildman–Crippen MR) is 82.4 cm³/mol. The molecule has 1 aromatic carbocycles. The third-order valence-electron chi connectivity index (χ3n) is 3.60. The summed E-state index contributed by atoms with van der Waals surface area (Å²) in [6.07, 6.45) is 4.68. The SMILES string of the molecule is Cc1c(-c2ccc3nccnc3c2)nnn1-c1cccnc1F. The minimum atomic E-state index is -0.587. The van der Waals surface area contributed by atoms with Gasteiger partial charge in [0.1, 0.15) is 11.4 Å². The summed E-state index contributed by atoms with van der Waals surface area (Å²) in [5, 5.41) is 8.23. The van der Waals surface area contributed by atoms with E-state index in [1.165, 1.54) is 10.9 Å². The zero-order valence-corrected chi connectivity index (χ0v) is 12.2. The first-order valence-corrected chi connectivity index (χ1v) is 6.98. The summed E-state index contributed by atoms with van der Waals surface area (Å²) in [7, 11) is 0. The van der Waals surface area contributed by atoms with Gasteiger partial charge in [0.05, 0.1) is 16.7 Å². The van der Waals surface area contributed by atoms with Gasteiger partial charge in [-0.3, -0.25) is 9.97 Å². The van der Waals surface area contributed by atoms with Crippen LogP contribution in [-0.2, 0) is 0 Å². The monoisotopic (exact) mass is 306 g/mol. The molecule has 0 saturated carbocycles. The van der Waals surface area contributed by atoms with Crippen molar-refractivity contribution in [3.8, 4) is 16.9 Å². The van der Waals surface area contributed by atoms with E-state index in [0.29, 0.717) is 5.69 Å². The molecule has 112 valence electrons. The van der Waals surface area contributed by atoms with Crippen molar-refractivity contribution in [3.05, 3.63) is 60.6 Å². The first-order valence-electron chi connectivity index (χ1n) is 6.98. The molecule has 3 aromatic heterocycles. The van der Waals surface area contributed by atoms with E-state index >= 15 is 0 Å². The van der Waals surface area contributed by atoms with Crippen LogP contribution in [0.3, 0.4) is 0 Å². The highest BCUT2D eigenvalue weighted by Gasteiger charge is 2.15. The van der Waals surface area contributed by atoms with Crippen molar-refractivity contribution in [2.24, 2.45) is 0 Å². The summed E-state index contributed by atoms with van der Waals surface area (Å²) in [6, 6.07) is 8.94. The minimum Gasteiger partial charge on any atom is -0.253 e. The van der Waals surface area contributed by atoms with Crippen LogP contribution in [0.2, 0.25) is 0 Å². The van der Waals surface area contributed by atoms with Crippen molar-refractivity contribution in [2.45, 2.75) is 6.92 Å². The van der Waals surface area contributed by atoms with Gasteiger partial charge in [-0.2, -0.15) is 4.39 Å². The van der Waals surface area contributed by atoms with E-state index in [-0.39, 0.29) is 5.69 Å². The largest absolute Gasteiger partial charge is 0.253 e. The van der Waals surface area contributed by atoms with Crippen LogP contribution < -0.4 is 0 Å². The molecule has 0 N–H and O–H groups in total. The molecule has 0 radical (unpaired) electrons. The number of rotatable bonds is 2. The lowest BCUT2D eigenvalue weighted by molar-refractivity contribution is 0.564. The van der Waals surface area contributed by atoms with Crippen molar-refractivity contribution in [3.63, 3.8) is 0 Å². The molecule has 0 atom stereocenters. The number of halogens is 1. The second-order valence-corrected chi connectivity index (χ2v) is 5.01. The quantitative estimate of drug-likeness (QED) is 0.533. The standard InChI is InChI=1S/C16H11FN6/c1-10-15(11-4-5-12-13(9-11)19-8-7-18-12)21-22-23(10)14-3-2-6-20-16(14)17/h2-9H,1H3. The Kier molecular flexibility index (Phi) is 3.04. The van der Waals surface area contributed by atoms with Gasteiger partial charge >= 0.3 is 0 Å². The van der Waals surface area contributed by atoms with Crippen molar-refractivity contribution in [1.29, 1.82) is 0 Å². The summed E-state index contributed by atoms with van der Waals surface area (Å²) in [5.74, 6) is -0.587. The van der Waals surface area contributed by atoms with Gasteiger partial charge in [0.2, 0.25) is 5.95 Å². The molecule has 7 heteroatoms. The van der Waals surface area contributed by atoms with E-state index in [0.717, 1.165) is 22.3 Å². The van der Waals surface area contributed by atoms with Gasteiger partial charge in [-0.15, -0.1) is 5.10 Å². The first kappa shape index (κ1) is 13.4. The number of benzene rings is 1. The van der Waals surface area contributed by atoms with E-state index < -0.39 is 5.95 Å². The molecular formula is C16H11FN6. The highest BCUT2D eigenvalue weighted by Crippen LogP contribution is 2.25. The average Bonchev–Trinajstić information content (AvgIpc) is 2.96. The van der Waals surface area contributed by atoms with E-state index in [4.69, 9.17) is 0 Å². The number of hydrogen-bond acceptors (Lipinski definition) is 5. The number of hydrogen-bond donors (Lipinski definition) is 0. The lowest BCUT2D eigenvalue weighted by Crippen LogP contribution is -2.03. The van der Waals surface area contributed by atoms with Crippen molar-refractivity contribution < 1.29 is 4.39 Å². The van der Waals surface area contributed by atoms with Gasteiger partial charge in [0.15, 0.2) is 0 Å². The van der Waals surface area contributed by atoms with E-state index in [1.54, 1.807) is 24.5 Å². The normalized spacial score (nSPS) is 11.0. The molecule has 0 unspecified atom stereocenters. The van der Waals surface area contributed by atoms with Crippen LogP contribution in [0.4, 0.5) is 4.39 Å². The summed E-state index contributed by atoms with van der Waals surface area (Å²) in [4.78, 5) is 12.2. The molecule has 3 heterocycles. The van der Waals surface area contributed by atoms with Gasteiger partial charge < -0.3 is 0 Å². The van der Waals surface area contributed by atoms with Crippen LogP contribution in [0, 0.1) is 12.9 Å². The Balaban J connectivity index is 1.85. The molecular weight excluding hydrogens is 295 g/mol. The van der Waals surface area contributed by atoms with Crippen molar-refractivity contribution in [1.82, 2.24) is 29.9 Å². The minimum absolute atomic E-state index is 0.268. The fourth-order valence-electron chi connectivity index (χ4n) is 2.47. The first-order chi connectivity index (χ1) is 11.2. The van der Waals surface area contributed by atoms with Crippen LogP contribution >= 0.6 is 0 Å². The maximum absolute atomic E-state index is 13.9. The molecule has 0 fully saturated rings. The predicted octanol–water partition coefficient (Wildman–Crippen LogP) is 2.72. The molecule has 23 heavy (non-hydrogen) atoms. The Morgan fingerprint density at radius 3 is 2.61 bits per heavy atom. The molecule has 4 aromatic rings. The number of aromatic nitrogens is 6. The Labute approximate surface area is 130 Å². The fourth-order valence-corrected chi connectivity index (χ4v) is 2.47. The third-order valence-corrected chi connectivity index (χ3v) is 3.60. The molecule has 0 aliphatic rings.